The zero-order valence-electron chi connectivity index (χ0n) is 18.8. The number of likely N-dealkylation sites (tertiary alicyclic amines) is 1. The van der Waals surface area contributed by atoms with E-state index in [9.17, 15) is 9.59 Å². The fourth-order valence-corrected chi connectivity index (χ4v) is 3.96. The van der Waals surface area contributed by atoms with Crippen LogP contribution in [0.5, 0.6) is 11.5 Å². The molecule has 6 heteroatoms. The third kappa shape index (κ3) is 5.78. The molecule has 0 atom stereocenters. The minimum Gasteiger partial charge on any atom is -0.496 e. The molecule has 1 heterocycles. The lowest BCUT2D eigenvalue weighted by Crippen LogP contribution is -2.40. The molecule has 1 aliphatic heterocycles. The summed E-state index contributed by atoms with van der Waals surface area (Å²) in [5.74, 6) is 1.14. The Morgan fingerprint density at radius 1 is 1.03 bits per heavy atom. The van der Waals surface area contributed by atoms with Crippen LogP contribution in [-0.4, -0.2) is 43.6 Å². The average Bonchev–Trinajstić information content (AvgIpc) is 2.76. The predicted octanol–water partition coefficient (Wildman–Crippen LogP) is 4.31. The van der Waals surface area contributed by atoms with E-state index < -0.39 is 0 Å². The van der Waals surface area contributed by atoms with Gasteiger partial charge in [0, 0.05) is 24.2 Å². The second-order valence-corrected chi connectivity index (χ2v) is 7.96. The van der Waals surface area contributed by atoms with Gasteiger partial charge in [0.25, 0.3) is 5.91 Å². The Kier molecular flexibility index (Phi) is 7.55. The molecule has 31 heavy (non-hydrogen) atoms. The molecule has 1 saturated heterocycles. The van der Waals surface area contributed by atoms with Crippen LogP contribution in [-0.2, 0) is 16.1 Å². The van der Waals surface area contributed by atoms with Crippen LogP contribution in [0.15, 0.2) is 36.4 Å². The lowest BCUT2D eigenvalue weighted by molar-refractivity contribution is -0.149. The molecule has 0 aliphatic carbocycles. The zero-order valence-corrected chi connectivity index (χ0v) is 18.8. The van der Waals surface area contributed by atoms with E-state index in [1.165, 1.54) is 0 Å². The van der Waals surface area contributed by atoms with E-state index in [0.29, 0.717) is 50.5 Å². The molecule has 0 unspecified atom stereocenters. The Morgan fingerprint density at radius 2 is 1.71 bits per heavy atom. The number of benzene rings is 2. The minimum atomic E-state index is -0.162. The quantitative estimate of drug-likeness (QED) is 0.619. The van der Waals surface area contributed by atoms with Gasteiger partial charge in [0.1, 0.15) is 18.1 Å². The molecule has 1 fully saturated rings. The summed E-state index contributed by atoms with van der Waals surface area (Å²) < 4.78 is 16.6. The van der Waals surface area contributed by atoms with E-state index in [0.717, 1.165) is 22.4 Å². The maximum absolute atomic E-state index is 13.0. The van der Waals surface area contributed by atoms with Gasteiger partial charge in [-0.3, -0.25) is 9.59 Å². The third-order valence-electron chi connectivity index (χ3n) is 5.52. The first kappa shape index (κ1) is 22.7. The number of nitrogens with zero attached hydrogens (tertiary/aromatic N) is 1. The second kappa shape index (κ2) is 10.3. The van der Waals surface area contributed by atoms with E-state index in [1.807, 2.05) is 39.0 Å². The molecule has 0 saturated carbocycles. The highest BCUT2D eigenvalue weighted by atomic mass is 16.5. The molecule has 6 nitrogen and oxygen atoms in total. The zero-order chi connectivity index (χ0) is 22.4. The summed E-state index contributed by atoms with van der Waals surface area (Å²) in [5, 5.41) is 0. The van der Waals surface area contributed by atoms with Crippen molar-refractivity contribution in [3.05, 3.63) is 58.7 Å². The van der Waals surface area contributed by atoms with Crippen LogP contribution in [0.1, 0.15) is 46.8 Å². The number of amides is 1. The molecule has 2 aromatic rings. The number of rotatable bonds is 7. The molecule has 0 aromatic heterocycles. The molecular formula is C25H31NO5. The van der Waals surface area contributed by atoms with Gasteiger partial charge < -0.3 is 19.1 Å². The number of carbonyl (C=O) groups is 2. The molecule has 0 spiro atoms. The molecule has 1 aliphatic rings. The van der Waals surface area contributed by atoms with Crippen molar-refractivity contribution < 1.29 is 23.8 Å². The van der Waals surface area contributed by atoms with Gasteiger partial charge in [-0.25, -0.2) is 0 Å². The van der Waals surface area contributed by atoms with Crippen molar-refractivity contribution in [3.63, 3.8) is 0 Å². The highest BCUT2D eigenvalue weighted by molar-refractivity contribution is 5.94. The summed E-state index contributed by atoms with van der Waals surface area (Å²) >= 11 is 0. The van der Waals surface area contributed by atoms with Gasteiger partial charge in [-0.1, -0.05) is 6.07 Å². The Bertz CT molecular complexity index is 911. The van der Waals surface area contributed by atoms with Crippen molar-refractivity contribution in [2.24, 2.45) is 5.92 Å². The Hall–Kier alpha value is -3.02. The number of hydrogen-bond donors (Lipinski definition) is 0. The van der Waals surface area contributed by atoms with E-state index in [1.54, 1.807) is 24.1 Å². The Labute approximate surface area is 184 Å². The van der Waals surface area contributed by atoms with Gasteiger partial charge in [0.2, 0.25) is 0 Å². The minimum absolute atomic E-state index is 0.0439. The smallest absolute Gasteiger partial charge is 0.309 e. The number of ether oxygens (including phenoxy) is 3. The van der Waals surface area contributed by atoms with Crippen LogP contribution in [0.2, 0.25) is 0 Å². The highest BCUT2D eigenvalue weighted by Gasteiger charge is 2.28. The van der Waals surface area contributed by atoms with Crippen LogP contribution < -0.4 is 9.47 Å². The van der Waals surface area contributed by atoms with Crippen LogP contribution in [0.3, 0.4) is 0 Å². The predicted molar refractivity (Wildman–Crippen MR) is 119 cm³/mol. The maximum Gasteiger partial charge on any atom is 0.309 e. The first-order valence-corrected chi connectivity index (χ1v) is 10.7. The topological polar surface area (TPSA) is 65.1 Å². The summed E-state index contributed by atoms with van der Waals surface area (Å²) in [6.45, 7) is 7.65. The third-order valence-corrected chi connectivity index (χ3v) is 5.52. The second-order valence-electron chi connectivity index (χ2n) is 7.96. The Balaban J connectivity index is 1.68. The van der Waals surface area contributed by atoms with Crippen LogP contribution >= 0.6 is 0 Å². The van der Waals surface area contributed by atoms with Gasteiger partial charge in [0.15, 0.2) is 0 Å². The van der Waals surface area contributed by atoms with Crippen molar-refractivity contribution in [2.75, 3.05) is 26.8 Å². The molecule has 2 aromatic carbocycles. The van der Waals surface area contributed by atoms with Crippen LogP contribution in [0, 0.1) is 19.8 Å². The summed E-state index contributed by atoms with van der Waals surface area (Å²) in [5.41, 5.74) is 3.68. The van der Waals surface area contributed by atoms with Crippen molar-refractivity contribution in [2.45, 2.75) is 40.2 Å². The van der Waals surface area contributed by atoms with Crippen LogP contribution in [0.25, 0.3) is 0 Å². The molecule has 0 N–H and O–H groups in total. The molecule has 166 valence electrons. The largest absolute Gasteiger partial charge is 0.496 e. The van der Waals surface area contributed by atoms with Gasteiger partial charge in [-0.2, -0.15) is 0 Å². The van der Waals surface area contributed by atoms with Crippen molar-refractivity contribution in [1.29, 1.82) is 0 Å². The van der Waals surface area contributed by atoms with Crippen molar-refractivity contribution >= 4 is 11.9 Å². The summed E-state index contributed by atoms with van der Waals surface area (Å²) in [6, 6.07) is 11.5. The SMILES string of the molecule is CCOC(=O)C1CCN(C(=O)c2ccc(OC)c(COc3cc(C)cc(C)c3)c2)CC1. The summed E-state index contributed by atoms with van der Waals surface area (Å²) in [6.07, 6.45) is 1.26. The van der Waals surface area contributed by atoms with E-state index >= 15 is 0 Å². The van der Waals surface area contributed by atoms with Gasteiger partial charge in [-0.05, 0) is 75.1 Å². The van der Waals surface area contributed by atoms with Gasteiger partial charge in [0.05, 0.1) is 19.6 Å². The average molecular weight is 426 g/mol. The molecular weight excluding hydrogens is 394 g/mol. The first-order chi connectivity index (χ1) is 14.9. The van der Waals surface area contributed by atoms with Gasteiger partial charge in [-0.15, -0.1) is 0 Å². The number of aryl methyl sites for hydroxylation is 2. The van der Waals surface area contributed by atoms with E-state index in [2.05, 4.69) is 6.07 Å². The lowest BCUT2D eigenvalue weighted by Gasteiger charge is -2.31. The number of methoxy groups -OCH3 is 1. The van der Waals surface area contributed by atoms with Crippen LogP contribution in [0.4, 0.5) is 0 Å². The number of carbonyl (C=O) groups excluding carboxylic acids is 2. The molecule has 0 bridgehead atoms. The monoisotopic (exact) mass is 425 g/mol. The standard InChI is InChI=1S/C25H31NO5/c1-5-30-25(28)19-8-10-26(11-9-19)24(27)20-6-7-23(29-4)21(15-20)16-31-22-13-17(2)12-18(3)14-22/h6-7,12-15,19H,5,8-11,16H2,1-4H3. The summed E-state index contributed by atoms with van der Waals surface area (Å²) in [4.78, 5) is 26.8. The highest BCUT2D eigenvalue weighted by Crippen LogP contribution is 2.26. The lowest BCUT2D eigenvalue weighted by atomic mass is 9.96. The number of piperidine rings is 1. The number of hydrogen-bond acceptors (Lipinski definition) is 5. The first-order valence-electron chi connectivity index (χ1n) is 10.7. The molecule has 0 radical (unpaired) electrons. The molecule has 3 rings (SSSR count). The van der Waals surface area contributed by atoms with E-state index in [4.69, 9.17) is 14.2 Å². The maximum atomic E-state index is 13.0. The fourth-order valence-electron chi connectivity index (χ4n) is 3.96. The van der Waals surface area contributed by atoms with Gasteiger partial charge >= 0.3 is 5.97 Å². The van der Waals surface area contributed by atoms with E-state index in [-0.39, 0.29) is 17.8 Å². The normalized spacial score (nSPS) is 14.3. The number of esters is 1. The van der Waals surface area contributed by atoms with Crippen molar-refractivity contribution in [3.8, 4) is 11.5 Å². The fraction of sp³-hybridized carbons (Fsp3) is 0.440. The Morgan fingerprint density at radius 3 is 2.32 bits per heavy atom. The van der Waals surface area contributed by atoms with Crippen molar-refractivity contribution in [1.82, 2.24) is 4.90 Å². The summed E-state index contributed by atoms with van der Waals surface area (Å²) in [7, 11) is 1.61. The molecule has 1 amide bonds.